The summed E-state index contributed by atoms with van der Waals surface area (Å²) in [4.78, 5) is 37.4. The van der Waals surface area contributed by atoms with Crippen LogP contribution in [-0.4, -0.2) is 41.0 Å². The van der Waals surface area contributed by atoms with Crippen molar-refractivity contribution in [1.29, 1.82) is 0 Å². The molecule has 0 unspecified atom stereocenters. The Morgan fingerprint density at radius 3 is 2.42 bits per heavy atom. The van der Waals surface area contributed by atoms with Gasteiger partial charge in [0, 0.05) is 5.69 Å². The number of carbonyl (C=O) groups is 3. The van der Waals surface area contributed by atoms with E-state index in [2.05, 4.69) is 15.6 Å². The maximum absolute atomic E-state index is 11.8. The Kier molecular flexibility index (Phi) is 4.99. The van der Waals surface area contributed by atoms with Gasteiger partial charge in [-0.15, -0.1) is 0 Å². The lowest BCUT2D eigenvalue weighted by atomic mass is 10.2. The van der Waals surface area contributed by atoms with Crippen LogP contribution in [0.3, 0.4) is 0 Å². The normalized spacial score (nSPS) is 9.79. The second-order valence-corrected chi connectivity index (χ2v) is 3.94. The standard InChI is InChI=1S/C12H15N3O4/c1-7-3-4-9(8(2)15-7)12(19)14-5-10(16)13-6-11(17)18/h3-4H,5-6H2,1-2H3,(H,13,16)(H,14,19)(H,17,18). The second-order valence-electron chi connectivity index (χ2n) is 3.94. The number of nitrogens with one attached hydrogen (secondary N) is 2. The Bertz CT molecular complexity index is 514. The van der Waals surface area contributed by atoms with Crippen molar-refractivity contribution < 1.29 is 19.5 Å². The molecular weight excluding hydrogens is 250 g/mol. The van der Waals surface area contributed by atoms with Crippen LogP contribution in [0, 0.1) is 13.8 Å². The van der Waals surface area contributed by atoms with Crippen LogP contribution in [0.2, 0.25) is 0 Å². The number of amides is 2. The molecule has 0 fully saturated rings. The molecule has 0 aromatic carbocycles. The van der Waals surface area contributed by atoms with Crippen molar-refractivity contribution in [3.63, 3.8) is 0 Å². The highest BCUT2D eigenvalue weighted by atomic mass is 16.4. The van der Waals surface area contributed by atoms with E-state index in [0.29, 0.717) is 11.3 Å². The molecule has 0 saturated carbocycles. The quantitative estimate of drug-likeness (QED) is 0.673. The van der Waals surface area contributed by atoms with Gasteiger partial charge in [-0.2, -0.15) is 0 Å². The Labute approximate surface area is 110 Å². The number of hydrogen-bond donors (Lipinski definition) is 3. The molecule has 0 aliphatic heterocycles. The van der Waals surface area contributed by atoms with E-state index < -0.39 is 24.3 Å². The molecule has 0 bridgehead atoms. The lowest BCUT2D eigenvalue weighted by Crippen LogP contribution is -2.39. The van der Waals surface area contributed by atoms with Gasteiger partial charge in [-0.05, 0) is 26.0 Å². The van der Waals surface area contributed by atoms with E-state index in [9.17, 15) is 14.4 Å². The minimum atomic E-state index is -1.14. The molecule has 102 valence electrons. The van der Waals surface area contributed by atoms with E-state index in [4.69, 9.17) is 5.11 Å². The first-order chi connectivity index (χ1) is 8.90. The summed E-state index contributed by atoms with van der Waals surface area (Å²) in [5, 5.41) is 12.9. The van der Waals surface area contributed by atoms with Gasteiger partial charge in [-0.25, -0.2) is 0 Å². The van der Waals surface area contributed by atoms with Crippen LogP contribution in [0.4, 0.5) is 0 Å². The van der Waals surface area contributed by atoms with Gasteiger partial charge in [0.1, 0.15) is 6.54 Å². The van der Waals surface area contributed by atoms with Gasteiger partial charge in [0.2, 0.25) is 5.91 Å². The predicted octanol–water partition coefficient (Wildman–Crippen LogP) is -0.371. The van der Waals surface area contributed by atoms with Crippen LogP contribution in [0.1, 0.15) is 21.7 Å². The molecule has 0 radical (unpaired) electrons. The van der Waals surface area contributed by atoms with E-state index in [1.165, 1.54) is 0 Å². The van der Waals surface area contributed by atoms with Gasteiger partial charge in [0.25, 0.3) is 5.91 Å². The Morgan fingerprint density at radius 1 is 1.16 bits per heavy atom. The van der Waals surface area contributed by atoms with Crippen LogP contribution in [0.25, 0.3) is 0 Å². The van der Waals surface area contributed by atoms with Crippen molar-refractivity contribution in [1.82, 2.24) is 15.6 Å². The van der Waals surface area contributed by atoms with Gasteiger partial charge >= 0.3 is 5.97 Å². The predicted molar refractivity (Wildman–Crippen MR) is 66.7 cm³/mol. The highest BCUT2D eigenvalue weighted by Gasteiger charge is 2.11. The minimum absolute atomic E-state index is 0.278. The molecule has 3 N–H and O–H groups in total. The lowest BCUT2D eigenvalue weighted by molar-refractivity contribution is -0.137. The van der Waals surface area contributed by atoms with Gasteiger partial charge in [0.15, 0.2) is 0 Å². The fourth-order valence-electron chi connectivity index (χ4n) is 1.42. The molecule has 0 saturated heterocycles. The maximum atomic E-state index is 11.8. The molecule has 0 aliphatic carbocycles. The molecule has 1 aromatic heterocycles. The molecule has 19 heavy (non-hydrogen) atoms. The maximum Gasteiger partial charge on any atom is 0.322 e. The van der Waals surface area contributed by atoms with Crippen LogP contribution < -0.4 is 10.6 Å². The summed E-state index contributed by atoms with van der Waals surface area (Å²) in [7, 11) is 0. The first-order valence-electron chi connectivity index (χ1n) is 5.61. The minimum Gasteiger partial charge on any atom is -0.480 e. The monoisotopic (exact) mass is 265 g/mol. The van der Waals surface area contributed by atoms with Gasteiger partial charge in [-0.3, -0.25) is 19.4 Å². The molecule has 0 spiro atoms. The highest BCUT2D eigenvalue weighted by Crippen LogP contribution is 2.05. The molecule has 7 heteroatoms. The molecule has 7 nitrogen and oxygen atoms in total. The van der Waals surface area contributed by atoms with Crippen molar-refractivity contribution in [3.05, 3.63) is 29.1 Å². The van der Waals surface area contributed by atoms with Crippen LogP contribution in [0.15, 0.2) is 12.1 Å². The number of aromatic nitrogens is 1. The molecule has 0 atom stereocenters. The third-order valence-electron chi connectivity index (χ3n) is 2.32. The zero-order valence-electron chi connectivity index (χ0n) is 10.7. The third kappa shape index (κ3) is 4.74. The van der Waals surface area contributed by atoms with Crippen molar-refractivity contribution in [2.45, 2.75) is 13.8 Å². The van der Waals surface area contributed by atoms with E-state index >= 15 is 0 Å². The average Bonchev–Trinajstić information content (AvgIpc) is 2.33. The fraction of sp³-hybridized carbons (Fsp3) is 0.333. The number of rotatable bonds is 5. The van der Waals surface area contributed by atoms with E-state index in [1.54, 1.807) is 19.1 Å². The zero-order valence-corrected chi connectivity index (χ0v) is 10.7. The summed E-state index contributed by atoms with van der Waals surface area (Å²) in [6.07, 6.45) is 0. The van der Waals surface area contributed by atoms with Crippen molar-refractivity contribution in [2.24, 2.45) is 0 Å². The Balaban J connectivity index is 2.51. The summed E-state index contributed by atoms with van der Waals surface area (Å²) in [5.74, 6) is -2.12. The molecule has 0 aliphatic rings. The number of carboxylic acids is 1. The fourth-order valence-corrected chi connectivity index (χ4v) is 1.42. The largest absolute Gasteiger partial charge is 0.480 e. The van der Waals surface area contributed by atoms with Crippen molar-refractivity contribution >= 4 is 17.8 Å². The smallest absolute Gasteiger partial charge is 0.322 e. The van der Waals surface area contributed by atoms with E-state index in [1.807, 2.05) is 6.92 Å². The third-order valence-corrected chi connectivity index (χ3v) is 2.32. The highest BCUT2D eigenvalue weighted by molar-refractivity contribution is 5.97. The molecular formula is C12H15N3O4. The van der Waals surface area contributed by atoms with Crippen LogP contribution in [-0.2, 0) is 9.59 Å². The second kappa shape index (κ2) is 6.48. The summed E-state index contributed by atoms with van der Waals surface area (Å²) in [5.41, 5.74) is 1.76. The number of hydrogen-bond acceptors (Lipinski definition) is 4. The Hall–Kier alpha value is -2.44. The van der Waals surface area contributed by atoms with Gasteiger partial charge in [0.05, 0.1) is 17.8 Å². The number of pyridine rings is 1. The Morgan fingerprint density at radius 2 is 1.84 bits per heavy atom. The van der Waals surface area contributed by atoms with Crippen LogP contribution in [0.5, 0.6) is 0 Å². The summed E-state index contributed by atoms with van der Waals surface area (Å²) in [6.45, 7) is 2.76. The number of nitrogens with zero attached hydrogens (tertiary/aromatic N) is 1. The number of aliphatic carboxylic acids is 1. The topological polar surface area (TPSA) is 108 Å². The molecule has 2 amide bonds. The number of carbonyl (C=O) groups excluding carboxylic acids is 2. The van der Waals surface area contributed by atoms with E-state index in [-0.39, 0.29) is 6.54 Å². The van der Waals surface area contributed by atoms with Gasteiger partial charge in [-0.1, -0.05) is 0 Å². The number of aryl methyl sites for hydroxylation is 2. The van der Waals surface area contributed by atoms with E-state index in [0.717, 1.165) is 5.69 Å². The molecule has 1 rings (SSSR count). The number of carboxylic acid groups (broad SMARTS) is 1. The summed E-state index contributed by atoms with van der Waals surface area (Å²) < 4.78 is 0. The van der Waals surface area contributed by atoms with Gasteiger partial charge < -0.3 is 15.7 Å². The summed E-state index contributed by atoms with van der Waals surface area (Å²) in [6, 6.07) is 3.33. The van der Waals surface area contributed by atoms with Crippen molar-refractivity contribution in [2.75, 3.05) is 13.1 Å². The average molecular weight is 265 g/mol. The lowest BCUT2D eigenvalue weighted by Gasteiger charge is -2.07. The first kappa shape index (κ1) is 14.6. The SMILES string of the molecule is Cc1ccc(C(=O)NCC(=O)NCC(=O)O)c(C)n1. The zero-order chi connectivity index (χ0) is 14.4. The van der Waals surface area contributed by atoms with Crippen molar-refractivity contribution in [3.8, 4) is 0 Å². The first-order valence-corrected chi connectivity index (χ1v) is 5.61. The molecule has 1 heterocycles. The summed E-state index contributed by atoms with van der Waals surface area (Å²) >= 11 is 0. The van der Waals surface area contributed by atoms with Crippen LogP contribution >= 0.6 is 0 Å². The molecule has 1 aromatic rings.